The second-order valence-electron chi connectivity index (χ2n) is 14.3. The van der Waals surface area contributed by atoms with Gasteiger partial charge in [0.15, 0.2) is 0 Å². The van der Waals surface area contributed by atoms with Gasteiger partial charge in [-0.3, -0.25) is 14.5 Å². The van der Waals surface area contributed by atoms with Gasteiger partial charge in [0.1, 0.15) is 24.4 Å². The molecule has 5 rings (SSSR count). The maximum Gasteiger partial charge on any atom is 0.410 e. The molecule has 1 heterocycles. The summed E-state index contributed by atoms with van der Waals surface area (Å²) in [5, 5.41) is 15.6. The van der Waals surface area contributed by atoms with Gasteiger partial charge in [-0.15, -0.1) is 0 Å². The topological polar surface area (TPSA) is 164 Å². The fourth-order valence-corrected chi connectivity index (χ4v) is 7.18. The number of methoxy groups -OCH3 is 1. The van der Waals surface area contributed by atoms with Crippen molar-refractivity contribution in [2.45, 2.75) is 77.0 Å². The summed E-state index contributed by atoms with van der Waals surface area (Å²) in [6, 6.07) is 20.8. The van der Waals surface area contributed by atoms with E-state index in [1.54, 1.807) is 24.3 Å². The lowest BCUT2D eigenvalue weighted by Gasteiger charge is -2.29. The van der Waals surface area contributed by atoms with E-state index in [1.165, 1.54) is 16.9 Å². The highest BCUT2D eigenvalue weighted by atomic mass is 16.6. The van der Waals surface area contributed by atoms with Crippen LogP contribution in [0.3, 0.4) is 0 Å². The number of rotatable bonds is 17. The smallest absolute Gasteiger partial charge is 0.410 e. The van der Waals surface area contributed by atoms with Crippen LogP contribution in [-0.2, 0) is 30.3 Å². The number of benzene rings is 3. The Morgan fingerprint density at radius 1 is 0.945 bits per heavy atom. The monoisotopic (exact) mass is 756 g/mol. The number of ether oxygens (including phenoxy) is 3. The van der Waals surface area contributed by atoms with E-state index in [0.29, 0.717) is 31.6 Å². The van der Waals surface area contributed by atoms with Crippen molar-refractivity contribution in [1.82, 2.24) is 20.4 Å². The summed E-state index contributed by atoms with van der Waals surface area (Å²) in [5.41, 5.74) is 5.14. The van der Waals surface area contributed by atoms with Crippen LogP contribution in [0.2, 0.25) is 0 Å². The van der Waals surface area contributed by atoms with E-state index >= 15 is 0 Å². The highest BCUT2D eigenvalue weighted by Crippen LogP contribution is 2.44. The molecule has 1 saturated heterocycles. The lowest BCUT2D eigenvalue weighted by molar-refractivity contribution is -0.144. The van der Waals surface area contributed by atoms with Crippen LogP contribution in [0.5, 0.6) is 5.75 Å². The number of carbonyl (C=O) groups excluding carboxylic acids is 4. The Kier molecular flexibility index (Phi) is 14.1. The van der Waals surface area contributed by atoms with E-state index < -0.39 is 48.0 Å². The number of carboxylic acid groups (broad SMARTS) is 1. The number of likely N-dealkylation sites (tertiary alicyclic amines) is 1. The van der Waals surface area contributed by atoms with Gasteiger partial charge in [0.2, 0.25) is 5.91 Å². The summed E-state index contributed by atoms with van der Waals surface area (Å²) in [7, 11) is 1.23. The third-order valence-electron chi connectivity index (χ3n) is 10.0. The molecular formula is C42H52N4O9. The largest absolute Gasteiger partial charge is 0.491 e. The predicted octanol–water partition coefficient (Wildman–Crippen LogP) is 5.60. The minimum atomic E-state index is -1.21. The van der Waals surface area contributed by atoms with Gasteiger partial charge >= 0.3 is 24.1 Å². The van der Waals surface area contributed by atoms with Crippen molar-refractivity contribution in [3.63, 3.8) is 0 Å². The van der Waals surface area contributed by atoms with Gasteiger partial charge in [0.25, 0.3) is 0 Å². The normalized spacial score (nSPS) is 15.7. The van der Waals surface area contributed by atoms with Gasteiger partial charge in [0, 0.05) is 38.5 Å². The summed E-state index contributed by atoms with van der Waals surface area (Å²) >= 11 is 0. The number of aliphatic carboxylic acids is 1. The Morgan fingerprint density at radius 2 is 1.60 bits per heavy atom. The number of nitrogens with zero attached hydrogens (tertiary/aromatic N) is 2. The first-order valence-electron chi connectivity index (χ1n) is 19.0. The van der Waals surface area contributed by atoms with Crippen molar-refractivity contribution < 1.29 is 43.3 Å². The van der Waals surface area contributed by atoms with Gasteiger partial charge in [-0.25, -0.2) is 14.4 Å². The van der Waals surface area contributed by atoms with Crippen LogP contribution in [-0.4, -0.2) is 103 Å². The van der Waals surface area contributed by atoms with E-state index in [2.05, 4.69) is 22.8 Å². The van der Waals surface area contributed by atoms with Crippen molar-refractivity contribution in [2.24, 2.45) is 5.92 Å². The SMILES string of the molecule is CCCCN(C[C@@H](CNC(=O)[C@@H]1CCCN1C(=O)OCC1c2ccccc2-c2ccccc21)C(=O)O)C(=O)N[C@@H](Cc1ccc(OC(C)C)cc1)C(=O)OC. The Balaban J connectivity index is 1.18. The molecule has 0 spiro atoms. The highest BCUT2D eigenvalue weighted by Gasteiger charge is 2.37. The number of amides is 4. The van der Waals surface area contributed by atoms with Crippen LogP contribution in [0.15, 0.2) is 72.8 Å². The number of esters is 1. The minimum Gasteiger partial charge on any atom is -0.491 e. The van der Waals surface area contributed by atoms with Crippen molar-refractivity contribution in [2.75, 3.05) is 39.9 Å². The molecule has 3 aromatic rings. The maximum atomic E-state index is 13.6. The van der Waals surface area contributed by atoms with Crippen LogP contribution in [0.4, 0.5) is 9.59 Å². The zero-order valence-corrected chi connectivity index (χ0v) is 32.0. The fourth-order valence-electron chi connectivity index (χ4n) is 7.18. The number of fused-ring (bicyclic) bond motifs is 3. The maximum absolute atomic E-state index is 13.6. The van der Waals surface area contributed by atoms with Gasteiger partial charge in [-0.05, 0) is 73.1 Å². The number of hydrogen-bond acceptors (Lipinski definition) is 8. The Labute approximate surface area is 322 Å². The molecule has 3 aromatic carbocycles. The third kappa shape index (κ3) is 10.3. The summed E-state index contributed by atoms with van der Waals surface area (Å²) < 4.78 is 16.5. The molecule has 1 aliphatic carbocycles. The molecule has 1 aliphatic heterocycles. The van der Waals surface area contributed by atoms with Crippen LogP contribution < -0.4 is 15.4 Å². The molecule has 0 radical (unpaired) electrons. The van der Waals surface area contributed by atoms with E-state index in [-0.39, 0.29) is 44.7 Å². The molecule has 55 heavy (non-hydrogen) atoms. The number of carbonyl (C=O) groups is 5. The Bertz CT molecular complexity index is 1770. The van der Waals surface area contributed by atoms with Crippen LogP contribution in [0.25, 0.3) is 11.1 Å². The first-order chi connectivity index (χ1) is 26.5. The summed E-state index contributed by atoms with van der Waals surface area (Å²) in [4.78, 5) is 68.4. The van der Waals surface area contributed by atoms with Crippen molar-refractivity contribution in [3.05, 3.63) is 89.5 Å². The molecule has 1 fully saturated rings. The average Bonchev–Trinajstić information content (AvgIpc) is 3.80. The number of nitrogens with one attached hydrogen (secondary N) is 2. The standard InChI is InChI=1S/C42H52N4O9/c1-5-6-21-45(41(51)44-36(40(50)53-4)23-28-17-19-30(20-18-28)55-27(2)3)25-29(39(48)49)24-43-38(47)37-16-11-22-46(37)42(52)54-26-35-33-14-9-7-12-31(33)32-13-8-10-15-34(32)35/h7-10,12-15,17-20,27,29,35-37H,5-6,11,16,21-26H2,1-4H3,(H,43,47)(H,44,51)(H,48,49)/t29-,36+,37+/m1/s1. The van der Waals surface area contributed by atoms with Gasteiger partial charge in [-0.2, -0.15) is 0 Å². The molecule has 2 aliphatic rings. The molecule has 0 unspecified atom stereocenters. The average molecular weight is 757 g/mol. The first kappa shape index (κ1) is 40.6. The first-order valence-corrected chi connectivity index (χ1v) is 19.0. The molecular weight excluding hydrogens is 704 g/mol. The fraction of sp³-hybridized carbons (Fsp3) is 0.452. The van der Waals surface area contributed by atoms with E-state index in [1.807, 2.05) is 57.2 Å². The third-order valence-corrected chi connectivity index (χ3v) is 10.0. The minimum absolute atomic E-state index is 0.00311. The Morgan fingerprint density at radius 3 is 2.20 bits per heavy atom. The van der Waals surface area contributed by atoms with Crippen molar-refractivity contribution in [1.29, 1.82) is 0 Å². The van der Waals surface area contributed by atoms with Gasteiger partial charge in [-0.1, -0.05) is 74.0 Å². The molecule has 4 amide bonds. The van der Waals surface area contributed by atoms with Gasteiger partial charge in [0.05, 0.1) is 19.1 Å². The molecule has 3 atom stereocenters. The molecule has 294 valence electrons. The molecule has 13 heteroatoms. The Hall–Kier alpha value is -5.59. The molecule has 13 nitrogen and oxygen atoms in total. The van der Waals surface area contributed by atoms with Crippen LogP contribution >= 0.6 is 0 Å². The number of hydrogen-bond donors (Lipinski definition) is 3. The van der Waals surface area contributed by atoms with Crippen LogP contribution in [0.1, 0.15) is 69.1 Å². The number of carboxylic acids is 1. The molecule has 0 saturated carbocycles. The predicted molar refractivity (Wildman–Crippen MR) is 206 cm³/mol. The van der Waals surface area contributed by atoms with E-state index in [4.69, 9.17) is 14.2 Å². The zero-order valence-electron chi connectivity index (χ0n) is 32.0. The quantitative estimate of drug-likeness (QED) is 0.149. The highest BCUT2D eigenvalue weighted by molar-refractivity contribution is 5.87. The lowest BCUT2D eigenvalue weighted by Crippen LogP contribution is -2.53. The molecule has 0 bridgehead atoms. The molecule has 3 N–H and O–H groups in total. The van der Waals surface area contributed by atoms with E-state index in [0.717, 1.165) is 34.2 Å². The number of urea groups is 1. The van der Waals surface area contributed by atoms with E-state index in [9.17, 15) is 29.1 Å². The zero-order chi connectivity index (χ0) is 39.5. The number of unbranched alkanes of at least 4 members (excludes halogenated alkanes) is 1. The summed E-state index contributed by atoms with van der Waals surface area (Å²) in [6.45, 7) is 5.96. The molecule has 0 aromatic heterocycles. The van der Waals surface area contributed by atoms with Gasteiger partial charge < -0.3 is 34.9 Å². The lowest BCUT2D eigenvalue weighted by atomic mass is 9.98. The van der Waals surface area contributed by atoms with Crippen molar-refractivity contribution in [3.8, 4) is 16.9 Å². The second kappa shape index (κ2) is 19.1. The van der Waals surface area contributed by atoms with Crippen molar-refractivity contribution >= 4 is 30.0 Å². The summed E-state index contributed by atoms with van der Waals surface area (Å²) in [6.07, 6.45) is 1.85. The summed E-state index contributed by atoms with van der Waals surface area (Å²) in [5.74, 6) is -2.96. The second-order valence-corrected chi connectivity index (χ2v) is 14.3. The van der Waals surface area contributed by atoms with Crippen LogP contribution in [0, 0.1) is 5.92 Å².